The lowest BCUT2D eigenvalue weighted by Crippen LogP contribution is -2.16. The highest BCUT2D eigenvalue weighted by molar-refractivity contribution is 7.92. The third-order valence-corrected chi connectivity index (χ3v) is 6.46. The lowest BCUT2D eigenvalue weighted by molar-refractivity contribution is 0.100. The van der Waals surface area contributed by atoms with Crippen LogP contribution in [0.1, 0.15) is 9.67 Å². The van der Waals surface area contributed by atoms with E-state index in [0.29, 0.717) is 5.00 Å². The first-order chi connectivity index (χ1) is 13.0. The molecule has 0 aliphatic rings. The Morgan fingerprint density at radius 2 is 1.78 bits per heavy atom. The summed E-state index contributed by atoms with van der Waals surface area (Å²) in [6.07, 6.45) is 1.62. The molecule has 0 fully saturated rings. The molecule has 3 N–H and O–H groups in total. The fraction of sp³-hybridized carbons (Fsp3) is 0. The van der Waals surface area contributed by atoms with Crippen LogP contribution < -0.4 is 10.5 Å². The van der Waals surface area contributed by atoms with Gasteiger partial charge < -0.3 is 5.73 Å². The minimum atomic E-state index is -3.84. The van der Waals surface area contributed by atoms with Crippen molar-refractivity contribution >= 4 is 44.0 Å². The van der Waals surface area contributed by atoms with Crippen molar-refractivity contribution in [2.45, 2.75) is 4.90 Å². The van der Waals surface area contributed by atoms with Crippen LogP contribution in [0.25, 0.3) is 16.0 Å². The molecule has 4 rings (SSSR count). The van der Waals surface area contributed by atoms with Gasteiger partial charge in [0.2, 0.25) is 0 Å². The van der Waals surface area contributed by atoms with Crippen LogP contribution in [0.2, 0.25) is 0 Å². The topological polar surface area (TPSA) is 107 Å². The minimum Gasteiger partial charge on any atom is -0.365 e. The Morgan fingerprint density at radius 1 is 1.07 bits per heavy atom. The molecule has 0 aliphatic heterocycles. The van der Waals surface area contributed by atoms with E-state index in [1.54, 1.807) is 35.2 Å². The summed E-state index contributed by atoms with van der Waals surface area (Å²) in [5.74, 6) is -0.707. The molecule has 0 atom stereocenters. The van der Waals surface area contributed by atoms with Crippen molar-refractivity contribution in [2.75, 3.05) is 4.72 Å². The number of thiophene rings is 1. The van der Waals surface area contributed by atoms with Gasteiger partial charge in [0.1, 0.15) is 16.2 Å². The molecule has 0 aliphatic carbocycles. The van der Waals surface area contributed by atoms with E-state index in [2.05, 4.69) is 9.71 Å². The van der Waals surface area contributed by atoms with Crippen LogP contribution in [0.3, 0.4) is 0 Å². The second kappa shape index (κ2) is 6.53. The summed E-state index contributed by atoms with van der Waals surface area (Å²) in [6, 6.07) is 17.0. The van der Waals surface area contributed by atoms with E-state index in [4.69, 9.17) is 5.73 Å². The van der Waals surface area contributed by atoms with Gasteiger partial charge in [-0.05, 0) is 30.3 Å². The molecule has 0 bridgehead atoms. The maximum Gasteiger partial charge on any atom is 0.261 e. The van der Waals surface area contributed by atoms with E-state index in [-0.39, 0.29) is 15.5 Å². The number of carbonyl (C=O) groups is 1. The Kier molecular flexibility index (Phi) is 4.17. The van der Waals surface area contributed by atoms with Gasteiger partial charge in [-0.3, -0.25) is 14.1 Å². The number of fused-ring (bicyclic) bond motifs is 1. The van der Waals surface area contributed by atoms with E-state index in [0.717, 1.165) is 22.4 Å². The van der Waals surface area contributed by atoms with Crippen molar-refractivity contribution in [3.63, 3.8) is 0 Å². The molecule has 2 aromatic carbocycles. The lowest BCUT2D eigenvalue weighted by Gasteiger charge is -2.07. The summed E-state index contributed by atoms with van der Waals surface area (Å²) < 4.78 is 29.5. The van der Waals surface area contributed by atoms with E-state index >= 15 is 0 Å². The summed E-state index contributed by atoms with van der Waals surface area (Å²) in [7, 11) is -3.84. The molecular weight excluding hydrogens is 384 g/mol. The molecule has 2 heterocycles. The molecule has 0 saturated carbocycles. The first kappa shape index (κ1) is 17.3. The van der Waals surface area contributed by atoms with Crippen LogP contribution in [-0.2, 0) is 10.0 Å². The standard InChI is InChI=1S/C18H14N4O3S2/c19-18(23)17-14(21-27(24,25)12-6-2-1-3-7-12)10-16(26-17)22-11-20-13-8-4-5-9-15(13)22/h1-11,21H,(H2,19,23). The van der Waals surface area contributed by atoms with Crippen molar-refractivity contribution < 1.29 is 13.2 Å². The van der Waals surface area contributed by atoms with Gasteiger partial charge in [0, 0.05) is 0 Å². The predicted octanol–water partition coefficient (Wildman–Crippen LogP) is 2.99. The maximum atomic E-state index is 12.6. The first-order valence-electron chi connectivity index (χ1n) is 7.90. The van der Waals surface area contributed by atoms with Gasteiger partial charge in [-0.25, -0.2) is 13.4 Å². The highest BCUT2D eigenvalue weighted by Gasteiger charge is 2.21. The second-order valence-corrected chi connectivity index (χ2v) is 8.43. The van der Waals surface area contributed by atoms with Gasteiger partial charge in [0.15, 0.2) is 0 Å². The highest BCUT2D eigenvalue weighted by atomic mass is 32.2. The third kappa shape index (κ3) is 3.18. The summed E-state index contributed by atoms with van der Waals surface area (Å²) in [5, 5.41) is 0.628. The fourth-order valence-electron chi connectivity index (χ4n) is 2.69. The number of hydrogen-bond donors (Lipinski definition) is 2. The number of carbonyl (C=O) groups excluding carboxylic acids is 1. The maximum absolute atomic E-state index is 12.6. The van der Waals surface area contributed by atoms with Crippen molar-refractivity contribution in [1.29, 1.82) is 0 Å². The van der Waals surface area contributed by atoms with E-state index < -0.39 is 15.9 Å². The number of amides is 1. The molecule has 7 nitrogen and oxygen atoms in total. The van der Waals surface area contributed by atoms with Crippen LogP contribution in [-0.4, -0.2) is 23.9 Å². The van der Waals surface area contributed by atoms with Gasteiger partial charge >= 0.3 is 0 Å². The zero-order valence-corrected chi connectivity index (χ0v) is 15.5. The van der Waals surface area contributed by atoms with Crippen LogP contribution in [0, 0.1) is 0 Å². The van der Waals surface area contributed by atoms with Crippen LogP contribution in [0.5, 0.6) is 0 Å². The molecule has 1 amide bonds. The summed E-state index contributed by atoms with van der Waals surface area (Å²) in [6.45, 7) is 0. The smallest absolute Gasteiger partial charge is 0.261 e. The number of hydrogen-bond acceptors (Lipinski definition) is 5. The molecule has 136 valence electrons. The summed E-state index contributed by atoms with van der Waals surface area (Å²) in [5.41, 5.74) is 7.24. The number of para-hydroxylation sites is 2. The molecule has 27 heavy (non-hydrogen) atoms. The third-order valence-electron chi connectivity index (χ3n) is 3.93. The Morgan fingerprint density at radius 3 is 2.52 bits per heavy atom. The zero-order chi connectivity index (χ0) is 19.0. The number of rotatable bonds is 5. The Labute approximate surface area is 159 Å². The van der Waals surface area contributed by atoms with Crippen molar-refractivity contribution in [3.05, 3.63) is 71.9 Å². The van der Waals surface area contributed by atoms with Gasteiger partial charge in [-0.15, -0.1) is 11.3 Å². The Bertz CT molecular complexity index is 1240. The number of aromatic nitrogens is 2. The molecular formula is C18H14N4O3S2. The van der Waals surface area contributed by atoms with E-state index in [1.165, 1.54) is 12.1 Å². The second-order valence-electron chi connectivity index (χ2n) is 5.71. The number of benzene rings is 2. The molecule has 4 aromatic rings. The van der Waals surface area contributed by atoms with Crippen molar-refractivity contribution in [1.82, 2.24) is 9.55 Å². The quantitative estimate of drug-likeness (QED) is 0.539. The number of primary amides is 1. The van der Waals surface area contributed by atoms with Crippen LogP contribution in [0.4, 0.5) is 5.69 Å². The minimum absolute atomic E-state index is 0.0984. The average molecular weight is 398 g/mol. The number of nitrogens with two attached hydrogens (primary N) is 1. The molecule has 0 radical (unpaired) electrons. The normalized spacial score (nSPS) is 11.6. The summed E-state index contributed by atoms with van der Waals surface area (Å²) in [4.78, 5) is 16.4. The highest BCUT2D eigenvalue weighted by Crippen LogP contribution is 2.33. The van der Waals surface area contributed by atoms with Gasteiger partial charge in [0.25, 0.3) is 15.9 Å². The van der Waals surface area contributed by atoms with Gasteiger partial charge in [-0.1, -0.05) is 30.3 Å². The van der Waals surface area contributed by atoms with Crippen molar-refractivity contribution in [2.24, 2.45) is 5.73 Å². The number of nitrogens with one attached hydrogen (secondary N) is 1. The Balaban J connectivity index is 1.79. The van der Waals surface area contributed by atoms with E-state index in [1.807, 2.05) is 24.3 Å². The molecule has 9 heteroatoms. The number of imidazole rings is 1. The largest absolute Gasteiger partial charge is 0.365 e. The van der Waals surface area contributed by atoms with E-state index in [9.17, 15) is 13.2 Å². The average Bonchev–Trinajstić information content (AvgIpc) is 3.26. The van der Waals surface area contributed by atoms with Crippen LogP contribution >= 0.6 is 11.3 Å². The monoisotopic (exact) mass is 398 g/mol. The Hall–Kier alpha value is -3.17. The molecule has 0 saturated heterocycles. The number of anilines is 1. The number of sulfonamides is 1. The molecule has 0 spiro atoms. The van der Waals surface area contributed by atoms with Gasteiger partial charge in [-0.2, -0.15) is 0 Å². The van der Waals surface area contributed by atoms with Crippen molar-refractivity contribution in [3.8, 4) is 5.00 Å². The molecule has 0 unspecified atom stereocenters. The lowest BCUT2D eigenvalue weighted by atomic mass is 10.3. The van der Waals surface area contributed by atoms with Crippen LogP contribution in [0.15, 0.2) is 71.9 Å². The number of nitrogens with zero attached hydrogens (tertiary/aromatic N) is 2. The van der Waals surface area contributed by atoms with Gasteiger partial charge in [0.05, 0.1) is 21.6 Å². The predicted molar refractivity (Wildman–Crippen MR) is 105 cm³/mol. The SMILES string of the molecule is NC(=O)c1sc(-n2cnc3ccccc32)cc1NS(=O)(=O)c1ccccc1. The summed E-state index contributed by atoms with van der Waals surface area (Å²) >= 11 is 1.10. The first-order valence-corrected chi connectivity index (χ1v) is 10.2. The zero-order valence-electron chi connectivity index (χ0n) is 13.9. The molecule has 2 aromatic heterocycles. The fourth-order valence-corrected chi connectivity index (χ4v) is 4.79.